The maximum Gasteiger partial charge on any atom is 0.0992 e. The fourth-order valence-corrected chi connectivity index (χ4v) is 1.58. The van der Waals surface area contributed by atoms with Crippen molar-refractivity contribution >= 4 is 0 Å². The van der Waals surface area contributed by atoms with Gasteiger partial charge in [-0.3, -0.25) is 0 Å². The third-order valence-electron chi connectivity index (χ3n) is 2.52. The van der Waals surface area contributed by atoms with Crippen molar-refractivity contribution < 1.29 is 5.11 Å². The highest BCUT2D eigenvalue weighted by Gasteiger charge is 2.22. The minimum atomic E-state index is -0.799. The minimum Gasteiger partial charge on any atom is -0.384 e. The highest BCUT2D eigenvalue weighted by molar-refractivity contribution is 5.21. The molecule has 1 aromatic carbocycles. The third kappa shape index (κ3) is 4.33. The molecule has 0 aliphatic rings. The number of aliphatic hydroxyl groups is 1. The van der Waals surface area contributed by atoms with Crippen LogP contribution in [0.2, 0.25) is 0 Å². The zero-order valence-electron chi connectivity index (χ0n) is 10.7. The van der Waals surface area contributed by atoms with Crippen molar-refractivity contribution in [3.8, 4) is 0 Å². The highest BCUT2D eigenvalue weighted by Crippen LogP contribution is 2.19. The minimum absolute atomic E-state index is 0.243. The second-order valence-corrected chi connectivity index (χ2v) is 5.80. The summed E-state index contributed by atoms with van der Waals surface area (Å²) < 4.78 is 0. The van der Waals surface area contributed by atoms with Gasteiger partial charge in [-0.25, -0.2) is 0 Å². The summed E-state index contributed by atoms with van der Waals surface area (Å²) in [6.07, 6.45) is 0. The lowest BCUT2D eigenvalue weighted by atomic mass is 9.94. The Morgan fingerprint density at radius 2 is 1.56 bits per heavy atom. The molecule has 0 aromatic heterocycles. The Bertz CT molecular complexity index is 311. The van der Waals surface area contributed by atoms with Gasteiger partial charge in [0.25, 0.3) is 0 Å². The summed E-state index contributed by atoms with van der Waals surface area (Å²) in [6, 6.07) is 9.78. The van der Waals surface area contributed by atoms with Gasteiger partial charge in [0.15, 0.2) is 0 Å². The van der Waals surface area contributed by atoms with Crippen LogP contribution in [-0.4, -0.2) is 18.2 Å². The predicted molar refractivity (Wildman–Crippen MR) is 68.3 cm³/mol. The molecule has 0 spiro atoms. The van der Waals surface area contributed by atoms with Gasteiger partial charge in [0.05, 0.1) is 5.60 Å². The quantitative estimate of drug-likeness (QED) is 0.819. The van der Waals surface area contributed by atoms with Gasteiger partial charge in [0, 0.05) is 13.1 Å². The second-order valence-electron chi connectivity index (χ2n) is 5.80. The van der Waals surface area contributed by atoms with Gasteiger partial charge >= 0.3 is 0 Å². The highest BCUT2D eigenvalue weighted by atomic mass is 16.3. The first kappa shape index (κ1) is 13.2. The summed E-state index contributed by atoms with van der Waals surface area (Å²) in [7, 11) is 0. The Morgan fingerprint density at radius 1 is 1.00 bits per heavy atom. The Hall–Kier alpha value is -0.860. The number of benzene rings is 1. The summed E-state index contributed by atoms with van der Waals surface area (Å²) in [5.74, 6) is 0. The van der Waals surface area contributed by atoms with Crippen LogP contribution in [0.4, 0.5) is 0 Å². The SMILES string of the molecule is CC(C)(C)CNCC(C)(O)c1ccccc1. The zero-order chi connectivity index (χ0) is 12.2. The molecule has 0 saturated heterocycles. The maximum atomic E-state index is 10.3. The number of nitrogens with one attached hydrogen (secondary N) is 1. The fraction of sp³-hybridized carbons (Fsp3) is 0.571. The van der Waals surface area contributed by atoms with E-state index < -0.39 is 5.60 Å². The molecule has 16 heavy (non-hydrogen) atoms. The van der Waals surface area contributed by atoms with Crippen LogP contribution >= 0.6 is 0 Å². The fourth-order valence-electron chi connectivity index (χ4n) is 1.58. The van der Waals surface area contributed by atoms with E-state index in [1.807, 2.05) is 37.3 Å². The van der Waals surface area contributed by atoms with Gasteiger partial charge in [0.2, 0.25) is 0 Å². The molecule has 0 aliphatic heterocycles. The molecule has 1 aromatic rings. The molecule has 2 nitrogen and oxygen atoms in total. The molecule has 1 unspecified atom stereocenters. The smallest absolute Gasteiger partial charge is 0.0992 e. The first-order chi connectivity index (χ1) is 7.31. The van der Waals surface area contributed by atoms with Gasteiger partial charge in [-0.15, -0.1) is 0 Å². The van der Waals surface area contributed by atoms with Crippen LogP contribution in [0, 0.1) is 5.41 Å². The van der Waals surface area contributed by atoms with Crippen molar-refractivity contribution in [1.29, 1.82) is 0 Å². The van der Waals surface area contributed by atoms with Crippen LogP contribution in [0.5, 0.6) is 0 Å². The summed E-state index contributed by atoms with van der Waals surface area (Å²) >= 11 is 0. The molecule has 90 valence electrons. The Balaban J connectivity index is 2.53. The summed E-state index contributed by atoms with van der Waals surface area (Å²) in [4.78, 5) is 0. The molecule has 1 atom stereocenters. The Kier molecular flexibility index (Phi) is 4.11. The van der Waals surface area contributed by atoms with Crippen molar-refractivity contribution in [1.82, 2.24) is 5.32 Å². The lowest BCUT2D eigenvalue weighted by molar-refractivity contribution is 0.0548. The van der Waals surface area contributed by atoms with Crippen molar-refractivity contribution in [2.45, 2.75) is 33.3 Å². The number of hydrogen-bond donors (Lipinski definition) is 2. The van der Waals surface area contributed by atoms with E-state index >= 15 is 0 Å². The van der Waals surface area contributed by atoms with Crippen LogP contribution in [-0.2, 0) is 5.60 Å². The average molecular weight is 221 g/mol. The van der Waals surface area contributed by atoms with Gasteiger partial charge < -0.3 is 10.4 Å². The Labute approximate surface area is 98.7 Å². The van der Waals surface area contributed by atoms with E-state index in [-0.39, 0.29) is 5.41 Å². The monoisotopic (exact) mass is 221 g/mol. The van der Waals surface area contributed by atoms with Crippen molar-refractivity contribution in [3.05, 3.63) is 35.9 Å². The molecule has 0 bridgehead atoms. The number of rotatable bonds is 4. The predicted octanol–water partition coefficient (Wildman–Crippen LogP) is 2.53. The van der Waals surface area contributed by atoms with Crippen molar-refractivity contribution in [2.24, 2.45) is 5.41 Å². The Morgan fingerprint density at radius 3 is 2.06 bits per heavy atom. The average Bonchev–Trinajstić information content (AvgIpc) is 2.17. The summed E-state index contributed by atoms with van der Waals surface area (Å²) in [6.45, 7) is 9.86. The molecule has 0 heterocycles. The van der Waals surface area contributed by atoms with E-state index in [2.05, 4.69) is 26.1 Å². The standard InChI is InChI=1S/C14H23NO/c1-13(2,3)10-15-11-14(4,16)12-8-6-5-7-9-12/h5-9,15-16H,10-11H2,1-4H3. The second kappa shape index (κ2) is 4.98. The van der Waals surface area contributed by atoms with Gasteiger partial charge in [0.1, 0.15) is 0 Å². The maximum absolute atomic E-state index is 10.3. The van der Waals surface area contributed by atoms with Crippen LogP contribution in [0.1, 0.15) is 33.3 Å². The third-order valence-corrected chi connectivity index (χ3v) is 2.52. The molecule has 2 heteroatoms. The van der Waals surface area contributed by atoms with Crippen LogP contribution in [0.3, 0.4) is 0 Å². The van der Waals surface area contributed by atoms with Crippen LogP contribution in [0.15, 0.2) is 30.3 Å². The molecule has 0 amide bonds. The van der Waals surface area contributed by atoms with E-state index in [0.717, 1.165) is 12.1 Å². The van der Waals surface area contributed by atoms with Gasteiger partial charge in [-0.2, -0.15) is 0 Å². The lowest BCUT2D eigenvalue weighted by Crippen LogP contribution is -2.39. The molecular formula is C14H23NO. The summed E-state index contributed by atoms with van der Waals surface area (Å²) in [5.41, 5.74) is 0.399. The van der Waals surface area contributed by atoms with Crippen molar-refractivity contribution in [3.63, 3.8) is 0 Å². The molecule has 2 N–H and O–H groups in total. The van der Waals surface area contributed by atoms with Gasteiger partial charge in [-0.05, 0) is 17.9 Å². The topological polar surface area (TPSA) is 32.3 Å². The van der Waals surface area contributed by atoms with Crippen molar-refractivity contribution in [2.75, 3.05) is 13.1 Å². The first-order valence-corrected chi connectivity index (χ1v) is 5.80. The largest absolute Gasteiger partial charge is 0.384 e. The molecule has 0 saturated carbocycles. The van der Waals surface area contributed by atoms with E-state index in [4.69, 9.17) is 0 Å². The molecule has 1 rings (SSSR count). The number of hydrogen-bond acceptors (Lipinski definition) is 2. The van der Waals surface area contributed by atoms with E-state index in [1.165, 1.54) is 0 Å². The molecule has 0 fully saturated rings. The normalized spacial score (nSPS) is 15.8. The van der Waals surface area contributed by atoms with Crippen LogP contribution < -0.4 is 5.32 Å². The van der Waals surface area contributed by atoms with E-state index in [0.29, 0.717) is 6.54 Å². The van der Waals surface area contributed by atoms with Gasteiger partial charge in [-0.1, -0.05) is 51.1 Å². The molecular weight excluding hydrogens is 198 g/mol. The van der Waals surface area contributed by atoms with E-state index in [9.17, 15) is 5.11 Å². The summed E-state index contributed by atoms with van der Waals surface area (Å²) in [5, 5.41) is 13.6. The lowest BCUT2D eigenvalue weighted by Gasteiger charge is -2.27. The molecule has 0 radical (unpaired) electrons. The molecule has 0 aliphatic carbocycles. The van der Waals surface area contributed by atoms with Crippen LogP contribution in [0.25, 0.3) is 0 Å². The first-order valence-electron chi connectivity index (χ1n) is 5.80. The zero-order valence-corrected chi connectivity index (χ0v) is 10.7. The van der Waals surface area contributed by atoms with E-state index in [1.54, 1.807) is 0 Å².